The third kappa shape index (κ3) is 5.35. The maximum absolute atomic E-state index is 12.4. The van der Waals surface area contributed by atoms with Crippen molar-refractivity contribution in [2.24, 2.45) is 5.92 Å². The van der Waals surface area contributed by atoms with Crippen LogP contribution in [0.5, 0.6) is 0 Å². The molecule has 0 radical (unpaired) electrons. The van der Waals surface area contributed by atoms with Crippen LogP contribution in [0.2, 0.25) is 0 Å². The van der Waals surface area contributed by atoms with Gasteiger partial charge in [-0.25, -0.2) is 4.79 Å². The SMILES string of the molecule is O=C(Nc1ccccc1)C1CCN(C(=O)NCCC2=CCCCC2)CC1. The summed E-state index contributed by atoms with van der Waals surface area (Å²) in [6.07, 6.45) is 9.66. The summed E-state index contributed by atoms with van der Waals surface area (Å²) in [5.41, 5.74) is 2.31. The molecule has 3 amide bonds. The molecule has 0 aromatic heterocycles. The number of nitrogens with one attached hydrogen (secondary N) is 2. The van der Waals surface area contributed by atoms with Crippen molar-refractivity contribution in [1.82, 2.24) is 10.2 Å². The van der Waals surface area contributed by atoms with E-state index < -0.39 is 0 Å². The van der Waals surface area contributed by atoms with Crippen molar-refractivity contribution in [3.05, 3.63) is 42.0 Å². The molecule has 140 valence electrons. The number of benzene rings is 1. The van der Waals surface area contributed by atoms with Crippen LogP contribution in [0.4, 0.5) is 10.5 Å². The average molecular weight is 355 g/mol. The largest absolute Gasteiger partial charge is 0.338 e. The minimum absolute atomic E-state index is 0.00308. The van der Waals surface area contributed by atoms with Crippen LogP contribution in [-0.4, -0.2) is 36.5 Å². The van der Waals surface area contributed by atoms with Crippen LogP contribution in [0.3, 0.4) is 0 Å². The topological polar surface area (TPSA) is 61.4 Å². The van der Waals surface area contributed by atoms with Gasteiger partial charge in [0, 0.05) is 31.2 Å². The quantitative estimate of drug-likeness (QED) is 0.786. The van der Waals surface area contributed by atoms with E-state index in [9.17, 15) is 9.59 Å². The van der Waals surface area contributed by atoms with E-state index in [1.54, 1.807) is 0 Å². The lowest BCUT2D eigenvalue weighted by atomic mass is 9.96. The number of likely N-dealkylation sites (tertiary alicyclic amines) is 1. The van der Waals surface area contributed by atoms with Gasteiger partial charge in [0.1, 0.15) is 0 Å². The molecule has 2 N–H and O–H groups in total. The van der Waals surface area contributed by atoms with Crippen molar-refractivity contribution in [3.8, 4) is 0 Å². The summed E-state index contributed by atoms with van der Waals surface area (Å²) in [5, 5.41) is 5.99. The third-order valence-corrected chi connectivity index (χ3v) is 5.30. The van der Waals surface area contributed by atoms with E-state index in [1.807, 2.05) is 35.2 Å². The highest BCUT2D eigenvalue weighted by molar-refractivity contribution is 5.92. The molecule has 0 atom stereocenters. The van der Waals surface area contributed by atoms with Crippen LogP contribution in [0.15, 0.2) is 42.0 Å². The van der Waals surface area contributed by atoms with E-state index in [0.717, 1.165) is 24.9 Å². The molecule has 0 saturated carbocycles. The van der Waals surface area contributed by atoms with Crippen LogP contribution in [0.1, 0.15) is 44.9 Å². The Morgan fingerprint density at radius 2 is 1.85 bits per heavy atom. The summed E-state index contributed by atoms with van der Waals surface area (Å²) in [6, 6.07) is 9.53. The first-order valence-electron chi connectivity index (χ1n) is 9.79. The first kappa shape index (κ1) is 18.5. The van der Waals surface area contributed by atoms with Gasteiger partial charge >= 0.3 is 6.03 Å². The normalized spacial score (nSPS) is 18.2. The molecule has 0 unspecified atom stereocenters. The zero-order valence-electron chi connectivity index (χ0n) is 15.4. The number of nitrogens with zero attached hydrogens (tertiary/aromatic N) is 1. The Morgan fingerprint density at radius 1 is 1.08 bits per heavy atom. The zero-order chi connectivity index (χ0) is 18.2. The molecule has 1 aliphatic carbocycles. The number of carbonyl (C=O) groups is 2. The summed E-state index contributed by atoms with van der Waals surface area (Å²) in [4.78, 5) is 26.5. The lowest BCUT2D eigenvalue weighted by Gasteiger charge is -2.31. The van der Waals surface area contributed by atoms with Crippen molar-refractivity contribution in [3.63, 3.8) is 0 Å². The highest BCUT2D eigenvalue weighted by Gasteiger charge is 2.27. The minimum atomic E-state index is -0.0216. The van der Waals surface area contributed by atoms with E-state index in [1.165, 1.54) is 31.3 Å². The van der Waals surface area contributed by atoms with Crippen molar-refractivity contribution in [2.75, 3.05) is 25.0 Å². The van der Waals surface area contributed by atoms with Crippen molar-refractivity contribution in [2.45, 2.75) is 44.9 Å². The molecule has 26 heavy (non-hydrogen) atoms. The lowest BCUT2D eigenvalue weighted by molar-refractivity contribution is -0.121. The van der Waals surface area contributed by atoms with Crippen molar-refractivity contribution >= 4 is 17.6 Å². The summed E-state index contributed by atoms with van der Waals surface area (Å²) in [7, 11) is 0. The average Bonchev–Trinajstić information content (AvgIpc) is 2.69. The van der Waals surface area contributed by atoms with Gasteiger partial charge < -0.3 is 15.5 Å². The number of urea groups is 1. The first-order chi connectivity index (χ1) is 12.7. The van der Waals surface area contributed by atoms with Gasteiger partial charge in [-0.3, -0.25) is 4.79 Å². The van der Waals surface area contributed by atoms with Gasteiger partial charge in [0.05, 0.1) is 0 Å². The molecular weight excluding hydrogens is 326 g/mol. The highest BCUT2D eigenvalue weighted by atomic mass is 16.2. The second-order valence-electron chi connectivity index (χ2n) is 7.21. The van der Waals surface area contributed by atoms with Gasteiger partial charge in [0.15, 0.2) is 0 Å². The molecule has 1 heterocycles. The van der Waals surface area contributed by atoms with Gasteiger partial charge in [-0.1, -0.05) is 29.8 Å². The fourth-order valence-electron chi connectivity index (χ4n) is 3.68. The number of piperidine rings is 1. The standard InChI is InChI=1S/C21H29N3O2/c25-20(23-19-9-5-2-6-10-19)18-12-15-24(16-13-18)21(26)22-14-11-17-7-3-1-4-8-17/h2,5-7,9-10,18H,1,3-4,8,11-16H2,(H,22,26)(H,23,25). The Morgan fingerprint density at radius 3 is 2.54 bits per heavy atom. The molecule has 1 saturated heterocycles. The van der Waals surface area contributed by atoms with Crippen molar-refractivity contribution in [1.29, 1.82) is 0 Å². The van der Waals surface area contributed by atoms with Crippen molar-refractivity contribution < 1.29 is 9.59 Å². The summed E-state index contributed by atoms with van der Waals surface area (Å²) in [6.45, 7) is 1.99. The van der Waals surface area contributed by atoms with Gasteiger partial charge in [-0.05, 0) is 57.1 Å². The zero-order valence-corrected chi connectivity index (χ0v) is 15.4. The molecule has 1 aliphatic heterocycles. The minimum Gasteiger partial charge on any atom is -0.338 e. The predicted molar refractivity (Wildman–Crippen MR) is 104 cm³/mol. The monoisotopic (exact) mass is 355 g/mol. The summed E-state index contributed by atoms with van der Waals surface area (Å²) < 4.78 is 0. The molecule has 2 aliphatic rings. The van der Waals surface area contributed by atoms with Gasteiger partial charge in [-0.15, -0.1) is 0 Å². The number of allylic oxidation sites excluding steroid dienone is 1. The molecule has 1 fully saturated rings. The Bertz CT molecular complexity index is 634. The second-order valence-corrected chi connectivity index (χ2v) is 7.21. The highest BCUT2D eigenvalue weighted by Crippen LogP contribution is 2.21. The Kier molecular flexibility index (Phi) is 6.69. The Hall–Kier alpha value is -2.30. The third-order valence-electron chi connectivity index (χ3n) is 5.30. The molecule has 0 bridgehead atoms. The van der Waals surface area contributed by atoms with Crippen LogP contribution in [0.25, 0.3) is 0 Å². The molecule has 5 nitrogen and oxygen atoms in total. The second kappa shape index (κ2) is 9.41. The number of anilines is 1. The van der Waals surface area contributed by atoms with Crippen LogP contribution >= 0.6 is 0 Å². The number of hydrogen-bond donors (Lipinski definition) is 2. The van der Waals surface area contributed by atoms with E-state index in [2.05, 4.69) is 16.7 Å². The maximum atomic E-state index is 12.4. The number of hydrogen-bond acceptors (Lipinski definition) is 2. The van der Waals surface area contributed by atoms with Gasteiger partial charge in [0.25, 0.3) is 0 Å². The molecular formula is C21H29N3O2. The molecule has 1 aromatic carbocycles. The summed E-state index contributed by atoms with van der Waals surface area (Å²) >= 11 is 0. The maximum Gasteiger partial charge on any atom is 0.317 e. The van der Waals surface area contributed by atoms with E-state index in [0.29, 0.717) is 19.6 Å². The Balaban J connectivity index is 1.36. The molecule has 0 spiro atoms. The van der Waals surface area contributed by atoms with E-state index in [-0.39, 0.29) is 17.9 Å². The Labute approximate surface area is 155 Å². The molecule has 1 aromatic rings. The first-order valence-corrected chi connectivity index (χ1v) is 9.79. The van der Waals surface area contributed by atoms with Gasteiger partial charge in [-0.2, -0.15) is 0 Å². The number of amides is 3. The van der Waals surface area contributed by atoms with Gasteiger partial charge in [0.2, 0.25) is 5.91 Å². The lowest BCUT2D eigenvalue weighted by Crippen LogP contribution is -2.46. The number of carbonyl (C=O) groups excluding carboxylic acids is 2. The van der Waals surface area contributed by atoms with E-state index in [4.69, 9.17) is 0 Å². The molecule has 5 heteroatoms. The van der Waals surface area contributed by atoms with Crippen LogP contribution in [0, 0.1) is 5.92 Å². The van der Waals surface area contributed by atoms with Crippen LogP contribution in [-0.2, 0) is 4.79 Å². The summed E-state index contributed by atoms with van der Waals surface area (Å²) in [5.74, 6) is 0.0344. The van der Waals surface area contributed by atoms with Crippen LogP contribution < -0.4 is 10.6 Å². The molecule has 3 rings (SSSR count). The number of rotatable bonds is 5. The number of para-hydroxylation sites is 1. The fraction of sp³-hybridized carbons (Fsp3) is 0.524. The predicted octanol–water partition coefficient (Wildman–Crippen LogP) is 3.94. The fourth-order valence-corrected chi connectivity index (χ4v) is 3.68. The van der Waals surface area contributed by atoms with E-state index >= 15 is 0 Å². The smallest absolute Gasteiger partial charge is 0.317 e.